The number of nitrogens with one attached hydrogen (secondary N) is 1. The highest BCUT2D eigenvalue weighted by atomic mass is 16.7. The normalized spacial score (nSPS) is 38.0. The fourth-order valence-electron chi connectivity index (χ4n) is 11.0. The molecular weight excluding hydrogens is 941 g/mol. The summed E-state index contributed by atoms with van der Waals surface area (Å²) in [6.07, 6.45) is -7.31. The largest absolute Gasteiger partial charge is 0.492 e. The molecular formula is C51H80N4O17. The van der Waals surface area contributed by atoms with E-state index in [1.807, 2.05) is 46.7 Å². The van der Waals surface area contributed by atoms with Gasteiger partial charge in [-0.1, -0.05) is 13.8 Å². The van der Waals surface area contributed by atoms with Crippen molar-refractivity contribution >= 4 is 28.6 Å². The third-order valence-corrected chi connectivity index (χ3v) is 15.5. The zero-order chi connectivity index (χ0) is 53.2. The van der Waals surface area contributed by atoms with Gasteiger partial charge in [-0.2, -0.15) is 0 Å². The second-order valence-corrected chi connectivity index (χ2v) is 21.2. The van der Waals surface area contributed by atoms with Crippen LogP contribution < -0.4 is 20.5 Å². The number of fused-ring (bicyclic) bond motifs is 2. The van der Waals surface area contributed by atoms with Gasteiger partial charge in [-0.05, 0) is 86.5 Å². The molecule has 1 aromatic heterocycles. The number of carbonyl (C=O) groups excluding carboxylic acids is 2. The van der Waals surface area contributed by atoms with E-state index in [1.165, 1.54) is 13.3 Å². The van der Waals surface area contributed by atoms with E-state index in [0.29, 0.717) is 30.8 Å². The number of nitrogens with zero attached hydrogens (tertiary/aromatic N) is 3. The number of Topliss-reactive ketones (excluding diaryl/α,β-unsaturated/α-hetero) is 1. The Balaban J connectivity index is 1.16. The number of likely N-dealkylation sites (N-methyl/N-ethyl adjacent to an activating group) is 1. The van der Waals surface area contributed by atoms with Crippen LogP contribution in [0.25, 0.3) is 10.9 Å². The van der Waals surface area contributed by atoms with Crippen molar-refractivity contribution in [2.75, 3.05) is 73.7 Å². The molecule has 3 aliphatic heterocycles. The topological polar surface area (TPSA) is 256 Å². The first kappa shape index (κ1) is 57.4. The number of hydrogen-bond acceptors (Lipinski definition) is 19. The maximum absolute atomic E-state index is 14.3. The van der Waals surface area contributed by atoms with Gasteiger partial charge in [0.1, 0.15) is 47.9 Å². The number of pyridine rings is 1. The van der Waals surface area contributed by atoms with E-state index in [1.54, 1.807) is 69.9 Å². The van der Waals surface area contributed by atoms with E-state index in [0.717, 1.165) is 0 Å². The molecule has 4 fully saturated rings. The lowest BCUT2D eigenvalue weighted by atomic mass is 9.69. The molecule has 5 N–H and O–H groups in total. The number of ether oxygens (including phenoxy) is 9. The van der Waals surface area contributed by atoms with Crippen LogP contribution in [0.15, 0.2) is 29.2 Å². The minimum atomic E-state index is -1.98. The van der Waals surface area contributed by atoms with Crippen LogP contribution in [-0.2, 0) is 47.5 Å². The zero-order valence-electron chi connectivity index (χ0n) is 44.2. The molecule has 0 amide bonds. The molecule has 406 valence electrons. The Morgan fingerprint density at radius 3 is 2.19 bits per heavy atom. The quantitative estimate of drug-likeness (QED) is 0.112. The number of benzene rings is 1. The van der Waals surface area contributed by atoms with Gasteiger partial charge in [0.15, 0.2) is 18.4 Å². The molecule has 17 atom stereocenters. The number of esters is 1. The third-order valence-electron chi connectivity index (χ3n) is 15.5. The van der Waals surface area contributed by atoms with Crippen molar-refractivity contribution in [2.45, 2.75) is 165 Å². The summed E-state index contributed by atoms with van der Waals surface area (Å²) in [6, 6.07) is 4.57. The van der Waals surface area contributed by atoms with Crippen molar-refractivity contribution in [2.24, 2.45) is 17.8 Å². The third kappa shape index (κ3) is 12.0. The average Bonchev–Trinajstić information content (AvgIpc) is 3.33. The highest BCUT2D eigenvalue weighted by Gasteiger charge is 2.59. The molecule has 0 bridgehead atoms. The first-order valence-corrected chi connectivity index (χ1v) is 25.1. The van der Waals surface area contributed by atoms with Gasteiger partial charge in [-0.25, -0.2) is 4.79 Å². The number of carbonyl (C=O) groups is 3. The van der Waals surface area contributed by atoms with Crippen LogP contribution in [0.1, 0.15) is 90.9 Å². The van der Waals surface area contributed by atoms with Crippen LogP contribution in [0.3, 0.4) is 0 Å². The molecule has 72 heavy (non-hydrogen) atoms. The Hall–Kier alpha value is -3.84. The Morgan fingerprint density at radius 2 is 1.58 bits per heavy atom. The van der Waals surface area contributed by atoms with Gasteiger partial charge in [0.2, 0.25) is 5.43 Å². The second kappa shape index (κ2) is 23.4. The summed E-state index contributed by atoms with van der Waals surface area (Å²) < 4.78 is 59.0. The van der Waals surface area contributed by atoms with E-state index < -0.39 is 113 Å². The van der Waals surface area contributed by atoms with Crippen LogP contribution in [0, 0.1) is 17.8 Å². The van der Waals surface area contributed by atoms with E-state index in [2.05, 4.69) is 5.32 Å². The van der Waals surface area contributed by atoms with Crippen LogP contribution in [0.4, 0.5) is 0 Å². The number of rotatable bonds is 17. The number of carboxylic acids is 1. The highest BCUT2D eigenvalue weighted by molar-refractivity contribution is 5.93. The summed E-state index contributed by atoms with van der Waals surface area (Å²) in [5.74, 6) is -4.80. The van der Waals surface area contributed by atoms with Gasteiger partial charge in [0.05, 0.1) is 53.7 Å². The zero-order valence-corrected chi connectivity index (χ0v) is 44.2. The molecule has 1 saturated carbocycles. The van der Waals surface area contributed by atoms with Crippen molar-refractivity contribution in [3.63, 3.8) is 0 Å². The predicted molar refractivity (Wildman–Crippen MR) is 262 cm³/mol. The number of ketones is 1. The van der Waals surface area contributed by atoms with Crippen molar-refractivity contribution in [1.82, 2.24) is 14.9 Å². The molecule has 4 aliphatic rings. The van der Waals surface area contributed by atoms with Gasteiger partial charge in [-0.15, -0.1) is 0 Å². The SMILES string of the molecule is CO[C@]1(C)C[C@@H](C)C(=O)[C@@H](O)[C@@]2(O)CC[C@H]2OC(=O)[C@H](C)[C@@H](O[C@H]2C[C@@](C)(OC)[C@@H](OCCNCCOc3ccc4c(=O)c(C(=O)O)cn(N(C)C)c4c3)[C@H](C)O2)[C@H](C)[C@H]1O[C@@H]1O[C@H](C)C[C@H](N(C)C)[C@H]1O. The van der Waals surface area contributed by atoms with E-state index in [-0.39, 0.29) is 62.0 Å². The second-order valence-electron chi connectivity index (χ2n) is 21.2. The molecule has 0 spiro atoms. The number of aliphatic hydroxyl groups is 3. The fraction of sp³-hybridized carbons (Fsp3) is 0.765. The maximum atomic E-state index is 14.3. The van der Waals surface area contributed by atoms with Crippen molar-refractivity contribution in [3.8, 4) is 5.75 Å². The van der Waals surface area contributed by atoms with Crippen LogP contribution in [0.2, 0.25) is 0 Å². The van der Waals surface area contributed by atoms with Crippen molar-refractivity contribution in [1.29, 1.82) is 0 Å². The molecule has 21 heteroatoms. The summed E-state index contributed by atoms with van der Waals surface area (Å²) in [5.41, 5.74) is -4.65. The standard InChI is InChI=1S/C51H80N4O17/c1-27-24-49(6,64-12)44(72-48-41(58)36(53(8)9)22-28(2)68-48)29(3)42(30(4)47(62)70-37-16-17-51(37,63)43(59)39(27)56)71-38-25-50(7,65-13)45(31(5)69-38)67-21-19-52-18-20-66-32-14-15-33-35(23-32)55(54(10)11)26-34(40(33)57)46(60)61/h14-15,23,26-31,36-38,41-45,48,52,58-59,63H,16-22,24-25H2,1-13H3,(H,60,61)/t27-,28-,29+,30-,31+,36+,37-,38+,41-,42+,43-,44-,45+,48+,49-,50-,51-/m1/s1. The lowest BCUT2D eigenvalue weighted by Crippen LogP contribution is -2.64. The summed E-state index contributed by atoms with van der Waals surface area (Å²) in [5, 5.41) is 49.5. The van der Waals surface area contributed by atoms with Crippen molar-refractivity contribution < 1.29 is 77.4 Å². The minimum absolute atomic E-state index is 0.0179. The Morgan fingerprint density at radius 1 is 0.917 bits per heavy atom. The Bertz CT molecular complexity index is 2260. The summed E-state index contributed by atoms with van der Waals surface area (Å²) in [7, 11) is 10.3. The van der Waals surface area contributed by atoms with Gasteiger partial charge < -0.3 is 78.3 Å². The summed E-state index contributed by atoms with van der Waals surface area (Å²) in [4.78, 5) is 54.7. The van der Waals surface area contributed by atoms with E-state index in [4.69, 9.17) is 42.6 Å². The van der Waals surface area contributed by atoms with Crippen LogP contribution in [0.5, 0.6) is 5.75 Å². The molecule has 3 saturated heterocycles. The lowest BCUT2D eigenvalue weighted by molar-refractivity contribution is -0.321. The van der Waals surface area contributed by atoms with E-state index >= 15 is 0 Å². The number of hydrogen-bond donors (Lipinski definition) is 5. The van der Waals surface area contributed by atoms with Crippen LogP contribution in [-0.4, -0.2) is 201 Å². The van der Waals surface area contributed by atoms with Gasteiger partial charge >= 0.3 is 11.9 Å². The van der Waals surface area contributed by atoms with E-state index in [9.17, 15) is 39.6 Å². The average molecular weight is 1020 g/mol. The maximum Gasteiger partial charge on any atom is 0.341 e. The summed E-state index contributed by atoms with van der Waals surface area (Å²) >= 11 is 0. The number of aromatic nitrogens is 1. The molecule has 1 aliphatic carbocycles. The van der Waals surface area contributed by atoms with Gasteiger partial charge in [-0.3, -0.25) is 19.1 Å². The first-order valence-electron chi connectivity index (χ1n) is 25.1. The minimum Gasteiger partial charge on any atom is -0.492 e. The molecule has 2 aromatic rings. The number of carboxylic acid groups (broad SMARTS) is 1. The van der Waals surface area contributed by atoms with Gasteiger partial charge in [0, 0.05) is 83.4 Å². The smallest absolute Gasteiger partial charge is 0.341 e. The van der Waals surface area contributed by atoms with Crippen molar-refractivity contribution in [3.05, 3.63) is 40.2 Å². The highest BCUT2D eigenvalue weighted by Crippen LogP contribution is 2.44. The molecule has 0 unspecified atom stereocenters. The number of aromatic carboxylic acids is 1. The van der Waals surface area contributed by atoms with Crippen LogP contribution >= 0.6 is 0 Å². The molecule has 4 heterocycles. The Kier molecular flexibility index (Phi) is 18.6. The monoisotopic (exact) mass is 1020 g/mol. The fourth-order valence-corrected chi connectivity index (χ4v) is 11.0. The summed E-state index contributed by atoms with van der Waals surface area (Å²) in [6.45, 7) is 14.0. The molecule has 0 radical (unpaired) electrons. The molecule has 21 nitrogen and oxygen atoms in total. The Labute approximate surface area is 422 Å². The lowest BCUT2D eigenvalue weighted by Gasteiger charge is -2.50. The predicted octanol–water partition coefficient (Wildman–Crippen LogP) is 2.07. The van der Waals surface area contributed by atoms with Gasteiger partial charge in [0.25, 0.3) is 0 Å². The number of methoxy groups -OCH3 is 2. The first-order chi connectivity index (χ1) is 33.8. The molecule has 6 rings (SSSR count). The molecule has 1 aromatic carbocycles. The number of aliphatic hydroxyl groups excluding tert-OH is 2.